The van der Waals surface area contributed by atoms with E-state index in [9.17, 15) is 22.4 Å². The van der Waals surface area contributed by atoms with Crippen LogP contribution in [0.1, 0.15) is 28.9 Å². The Labute approximate surface area is 224 Å². The number of hydrogen-bond donors (Lipinski definition) is 2. The summed E-state index contributed by atoms with van der Waals surface area (Å²) in [5, 5.41) is 12.1. The van der Waals surface area contributed by atoms with Crippen LogP contribution in [0, 0.1) is 5.82 Å². The maximum atomic E-state index is 14.7. The number of ether oxygens (including phenoxy) is 1. The number of thiazole rings is 1. The highest BCUT2D eigenvalue weighted by atomic mass is 32.1. The minimum Gasteiger partial charge on any atom is -0.454 e. The topological polar surface area (TPSA) is 106 Å². The summed E-state index contributed by atoms with van der Waals surface area (Å²) in [6, 6.07) is 8.85. The lowest BCUT2D eigenvalue weighted by Gasteiger charge is -2.31. The lowest BCUT2D eigenvalue weighted by Crippen LogP contribution is -2.37. The number of rotatable bonds is 7. The summed E-state index contributed by atoms with van der Waals surface area (Å²) in [4.78, 5) is 19.0. The standard InChI is InChI=1S/C26H22F4N6O2S/c27-17-5-1-2-6-20(17)38-21-8-7-18(23(22(21)26(28,29)30)36-11-3-4-16(36)12-31)34-24(37)19-14-39-25(35-19)15-9-10-32-33-13-15/h1-2,5-10,13-14,16H,3-4,11-12,31H2,(H,34,37)/t16-/m1/s1. The lowest BCUT2D eigenvalue weighted by atomic mass is 10.1. The van der Waals surface area contributed by atoms with Gasteiger partial charge in [0.25, 0.3) is 5.91 Å². The van der Waals surface area contributed by atoms with Gasteiger partial charge in [0.15, 0.2) is 11.6 Å². The molecular weight excluding hydrogens is 536 g/mol. The lowest BCUT2D eigenvalue weighted by molar-refractivity contribution is -0.138. The number of nitrogens with zero attached hydrogens (tertiary/aromatic N) is 4. The average molecular weight is 559 g/mol. The van der Waals surface area contributed by atoms with Crippen LogP contribution in [0.15, 0.2) is 60.2 Å². The van der Waals surface area contributed by atoms with Gasteiger partial charge in [0.05, 0.1) is 23.8 Å². The number of hydrogen-bond acceptors (Lipinski definition) is 8. The molecule has 1 aliphatic heterocycles. The molecule has 0 radical (unpaired) electrons. The van der Waals surface area contributed by atoms with E-state index in [1.165, 1.54) is 58.3 Å². The Morgan fingerprint density at radius 2 is 1.97 bits per heavy atom. The van der Waals surface area contributed by atoms with E-state index >= 15 is 0 Å². The number of carbonyl (C=O) groups is 1. The molecule has 8 nitrogen and oxygen atoms in total. The van der Waals surface area contributed by atoms with Gasteiger partial charge in [-0.2, -0.15) is 23.4 Å². The first-order chi connectivity index (χ1) is 18.8. The first-order valence-corrected chi connectivity index (χ1v) is 12.8. The van der Waals surface area contributed by atoms with Crippen LogP contribution in [-0.2, 0) is 6.18 Å². The van der Waals surface area contributed by atoms with Crippen LogP contribution in [-0.4, -0.2) is 40.2 Å². The highest BCUT2D eigenvalue weighted by Gasteiger charge is 2.42. The molecule has 1 fully saturated rings. The van der Waals surface area contributed by atoms with Crippen molar-refractivity contribution in [2.75, 3.05) is 23.3 Å². The van der Waals surface area contributed by atoms with Gasteiger partial charge in [-0.1, -0.05) is 12.1 Å². The van der Waals surface area contributed by atoms with Crippen molar-refractivity contribution in [3.8, 4) is 22.1 Å². The van der Waals surface area contributed by atoms with Gasteiger partial charge in [-0.15, -0.1) is 11.3 Å². The number of anilines is 2. The van der Waals surface area contributed by atoms with Crippen molar-refractivity contribution in [3.05, 3.63) is 77.3 Å². The van der Waals surface area contributed by atoms with Crippen molar-refractivity contribution in [2.24, 2.45) is 5.73 Å². The quantitative estimate of drug-likeness (QED) is 0.279. The van der Waals surface area contributed by atoms with Crippen molar-refractivity contribution in [1.82, 2.24) is 15.2 Å². The van der Waals surface area contributed by atoms with Gasteiger partial charge in [-0.25, -0.2) is 9.37 Å². The number of aromatic nitrogens is 3. The monoisotopic (exact) mass is 558 g/mol. The molecule has 3 N–H and O–H groups in total. The SMILES string of the molecule is NC[C@H]1CCCN1c1c(NC(=O)c2csc(-c3ccnnc3)n2)ccc(Oc2ccccc2F)c1C(F)(F)F. The van der Waals surface area contributed by atoms with Crippen molar-refractivity contribution in [1.29, 1.82) is 0 Å². The number of carbonyl (C=O) groups excluding carboxylic acids is 1. The number of para-hydroxylation sites is 1. The van der Waals surface area contributed by atoms with Crippen LogP contribution in [0.2, 0.25) is 0 Å². The summed E-state index contributed by atoms with van der Waals surface area (Å²) >= 11 is 1.19. The zero-order chi connectivity index (χ0) is 27.6. The second-order valence-electron chi connectivity index (χ2n) is 8.71. The molecule has 39 heavy (non-hydrogen) atoms. The second kappa shape index (κ2) is 10.9. The predicted molar refractivity (Wildman–Crippen MR) is 138 cm³/mol. The van der Waals surface area contributed by atoms with Crippen LogP contribution >= 0.6 is 11.3 Å². The van der Waals surface area contributed by atoms with E-state index in [0.29, 0.717) is 23.4 Å². The van der Waals surface area contributed by atoms with E-state index in [4.69, 9.17) is 10.5 Å². The molecular formula is C26H22F4N6O2S. The van der Waals surface area contributed by atoms with Crippen molar-refractivity contribution >= 4 is 28.6 Å². The maximum absolute atomic E-state index is 14.7. The van der Waals surface area contributed by atoms with Crippen LogP contribution in [0.3, 0.4) is 0 Å². The number of nitrogens with one attached hydrogen (secondary N) is 1. The first-order valence-electron chi connectivity index (χ1n) is 11.9. The number of halogens is 4. The number of alkyl halides is 3. The fourth-order valence-corrected chi connectivity index (χ4v) is 5.26. The molecule has 5 rings (SSSR count). The zero-order valence-corrected chi connectivity index (χ0v) is 21.1. The molecule has 2 aromatic carbocycles. The van der Waals surface area contributed by atoms with E-state index in [2.05, 4.69) is 20.5 Å². The minimum absolute atomic E-state index is 0.0230. The molecule has 1 aliphatic rings. The van der Waals surface area contributed by atoms with Crippen LogP contribution in [0.5, 0.6) is 11.5 Å². The molecule has 1 saturated heterocycles. The van der Waals surface area contributed by atoms with Crippen molar-refractivity contribution in [3.63, 3.8) is 0 Å². The molecule has 0 saturated carbocycles. The van der Waals surface area contributed by atoms with Crippen LogP contribution < -0.4 is 20.7 Å². The van der Waals surface area contributed by atoms with Crippen LogP contribution in [0.25, 0.3) is 10.6 Å². The van der Waals surface area contributed by atoms with E-state index in [1.54, 1.807) is 6.07 Å². The summed E-state index contributed by atoms with van der Waals surface area (Å²) in [6.45, 7) is 0.394. The fourth-order valence-electron chi connectivity index (χ4n) is 4.47. The Kier molecular flexibility index (Phi) is 7.44. The summed E-state index contributed by atoms with van der Waals surface area (Å²) in [5.41, 5.74) is 5.05. The Bertz CT molecular complexity index is 1480. The second-order valence-corrected chi connectivity index (χ2v) is 9.57. The molecule has 0 unspecified atom stereocenters. The third kappa shape index (κ3) is 5.54. The third-order valence-corrected chi connectivity index (χ3v) is 7.12. The Morgan fingerprint density at radius 1 is 1.15 bits per heavy atom. The number of amides is 1. The summed E-state index contributed by atoms with van der Waals surface area (Å²) < 4.78 is 63.7. The smallest absolute Gasteiger partial charge is 0.422 e. The first kappa shape index (κ1) is 26.5. The summed E-state index contributed by atoms with van der Waals surface area (Å²) in [6.07, 6.45) is -0.741. The van der Waals surface area contributed by atoms with Gasteiger partial charge < -0.3 is 20.7 Å². The Hall–Kier alpha value is -4.10. The largest absolute Gasteiger partial charge is 0.454 e. The minimum atomic E-state index is -4.90. The molecule has 1 amide bonds. The molecule has 0 aliphatic carbocycles. The predicted octanol–water partition coefficient (Wildman–Crippen LogP) is 5.73. The van der Waals surface area contributed by atoms with E-state index < -0.39 is 35.3 Å². The van der Waals surface area contributed by atoms with E-state index in [-0.39, 0.29) is 35.9 Å². The van der Waals surface area contributed by atoms with Gasteiger partial charge in [-0.05, 0) is 43.2 Å². The average Bonchev–Trinajstić information content (AvgIpc) is 3.60. The van der Waals surface area contributed by atoms with Gasteiger partial charge in [0, 0.05) is 30.1 Å². The highest BCUT2D eigenvalue weighted by molar-refractivity contribution is 7.13. The van der Waals surface area contributed by atoms with E-state index in [0.717, 1.165) is 12.1 Å². The Morgan fingerprint density at radius 3 is 2.69 bits per heavy atom. The number of nitrogens with two attached hydrogens (primary N) is 1. The number of benzene rings is 2. The van der Waals surface area contributed by atoms with E-state index in [1.807, 2.05) is 0 Å². The van der Waals surface area contributed by atoms with Gasteiger partial charge in [0.1, 0.15) is 22.0 Å². The molecule has 13 heteroatoms. The summed E-state index contributed by atoms with van der Waals surface area (Å²) in [7, 11) is 0. The zero-order valence-electron chi connectivity index (χ0n) is 20.3. The molecule has 1 atom stereocenters. The van der Waals surface area contributed by atoms with Crippen molar-refractivity contribution in [2.45, 2.75) is 25.1 Å². The van der Waals surface area contributed by atoms with Gasteiger partial charge >= 0.3 is 6.18 Å². The summed E-state index contributed by atoms with van der Waals surface area (Å²) in [5.74, 6) is -2.46. The van der Waals surface area contributed by atoms with Gasteiger partial charge in [-0.3, -0.25) is 4.79 Å². The van der Waals surface area contributed by atoms with Crippen LogP contribution in [0.4, 0.5) is 28.9 Å². The molecule has 4 aromatic rings. The molecule has 0 bridgehead atoms. The molecule has 202 valence electrons. The molecule has 0 spiro atoms. The maximum Gasteiger partial charge on any atom is 0.422 e. The normalized spacial score (nSPS) is 15.4. The molecule has 3 heterocycles. The Balaban J connectivity index is 1.57. The third-order valence-electron chi connectivity index (χ3n) is 6.23. The highest BCUT2D eigenvalue weighted by Crippen LogP contribution is 2.49. The van der Waals surface area contributed by atoms with Crippen molar-refractivity contribution < 1.29 is 27.1 Å². The van der Waals surface area contributed by atoms with Gasteiger partial charge in [0.2, 0.25) is 0 Å². The fraction of sp³-hybridized carbons (Fsp3) is 0.231. The molecule has 2 aromatic heterocycles.